The van der Waals surface area contributed by atoms with E-state index >= 15 is 0 Å². The van der Waals surface area contributed by atoms with Crippen LogP contribution < -0.4 is 5.32 Å². The quantitative estimate of drug-likeness (QED) is 0.721. The number of carbonyl (C=O) groups excluding carboxylic acids is 1. The predicted molar refractivity (Wildman–Crippen MR) is 47.4 cm³/mol. The fraction of sp³-hybridized carbons (Fsp3) is 0.222. The second kappa shape index (κ2) is 4.35. The summed E-state index contributed by atoms with van der Waals surface area (Å²) in [4.78, 5) is 10.7. The molecular weight excluding hydrogens is 170 g/mol. The third-order valence-corrected chi connectivity index (χ3v) is 1.53. The highest BCUT2D eigenvalue weighted by Gasteiger charge is 1.98. The predicted octanol–water partition coefficient (Wildman–Crippen LogP) is 1.25. The van der Waals surface area contributed by atoms with Gasteiger partial charge in [0, 0.05) is 6.54 Å². The van der Waals surface area contributed by atoms with Crippen molar-refractivity contribution < 1.29 is 14.6 Å². The summed E-state index contributed by atoms with van der Waals surface area (Å²) in [6.45, 7) is 0.348. The average molecular weight is 181 g/mol. The summed E-state index contributed by atoms with van der Waals surface area (Å²) in [5, 5.41) is 11.6. The summed E-state index contributed by atoms with van der Waals surface area (Å²) in [7, 11) is 1.30. The average Bonchev–Trinajstić information content (AvgIpc) is 2.14. The molecule has 70 valence electrons. The first-order valence-corrected chi connectivity index (χ1v) is 3.82. The molecule has 4 heteroatoms. The van der Waals surface area contributed by atoms with Gasteiger partial charge in [-0.1, -0.05) is 12.1 Å². The van der Waals surface area contributed by atoms with Crippen LogP contribution in [0.3, 0.4) is 0 Å². The third kappa shape index (κ3) is 3.02. The Morgan fingerprint density at radius 2 is 2.38 bits per heavy atom. The summed E-state index contributed by atoms with van der Waals surface area (Å²) in [5.41, 5.74) is 0.824. The van der Waals surface area contributed by atoms with Crippen molar-refractivity contribution in [3.8, 4) is 5.75 Å². The van der Waals surface area contributed by atoms with Gasteiger partial charge >= 0.3 is 6.09 Å². The lowest BCUT2D eigenvalue weighted by molar-refractivity contribution is 0.170. The van der Waals surface area contributed by atoms with E-state index in [1.54, 1.807) is 24.3 Å². The van der Waals surface area contributed by atoms with E-state index < -0.39 is 6.09 Å². The van der Waals surface area contributed by atoms with Crippen LogP contribution in [0.15, 0.2) is 24.3 Å². The van der Waals surface area contributed by atoms with Crippen LogP contribution >= 0.6 is 0 Å². The lowest BCUT2D eigenvalue weighted by Gasteiger charge is -2.03. The second-order valence-electron chi connectivity index (χ2n) is 2.52. The van der Waals surface area contributed by atoms with Crippen LogP contribution in [0, 0.1) is 0 Å². The molecule has 4 nitrogen and oxygen atoms in total. The maximum atomic E-state index is 10.7. The van der Waals surface area contributed by atoms with Crippen molar-refractivity contribution in [2.45, 2.75) is 6.54 Å². The highest BCUT2D eigenvalue weighted by atomic mass is 16.5. The normalized spacial score (nSPS) is 9.31. The third-order valence-electron chi connectivity index (χ3n) is 1.53. The van der Waals surface area contributed by atoms with Gasteiger partial charge in [0.1, 0.15) is 5.75 Å². The molecule has 1 aromatic carbocycles. The molecule has 1 rings (SSSR count). The van der Waals surface area contributed by atoms with Gasteiger partial charge in [0.25, 0.3) is 0 Å². The standard InChI is InChI=1S/C9H11NO3/c1-13-9(12)10-6-7-3-2-4-8(11)5-7/h2-5,11H,6H2,1H3,(H,10,12). The van der Waals surface area contributed by atoms with Crippen LogP contribution in [0.25, 0.3) is 0 Å². The molecule has 0 bridgehead atoms. The molecule has 0 saturated heterocycles. The minimum atomic E-state index is -0.483. The molecule has 0 spiro atoms. The molecule has 1 aromatic rings. The highest BCUT2D eigenvalue weighted by Crippen LogP contribution is 2.10. The molecule has 0 radical (unpaired) electrons. The molecule has 0 aliphatic heterocycles. The van der Waals surface area contributed by atoms with Gasteiger partial charge in [-0.25, -0.2) is 4.79 Å². The van der Waals surface area contributed by atoms with E-state index in [0.717, 1.165) is 5.56 Å². The lowest BCUT2D eigenvalue weighted by atomic mass is 10.2. The Kier molecular flexibility index (Phi) is 3.14. The van der Waals surface area contributed by atoms with E-state index in [0.29, 0.717) is 6.54 Å². The zero-order valence-electron chi connectivity index (χ0n) is 7.28. The molecule has 0 aromatic heterocycles. The largest absolute Gasteiger partial charge is 0.508 e. The molecule has 0 heterocycles. The molecule has 0 saturated carbocycles. The van der Waals surface area contributed by atoms with Gasteiger partial charge in [-0.05, 0) is 17.7 Å². The van der Waals surface area contributed by atoms with Crippen LogP contribution in [0.4, 0.5) is 4.79 Å². The first-order chi connectivity index (χ1) is 6.22. The van der Waals surface area contributed by atoms with Crippen LogP contribution in [0.5, 0.6) is 5.75 Å². The number of carbonyl (C=O) groups is 1. The topological polar surface area (TPSA) is 58.6 Å². The number of hydrogen-bond donors (Lipinski definition) is 2. The van der Waals surface area contributed by atoms with E-state index in [9.17, 15) is 4.79 Å². The van der Waals surface area contributed by atoms with Gasteiger partial charge in [-0.2, -0.15) is 0 Å². The van der Waals surface area contributed by atoms with Gasteiger partial charge < -0.3 is 15.2 Å². The number of nitrogens with one attached hydrogen (secondary N) is 1. The van der Waals surface area contributed by atoms with Gasteiger partial charge in [-0.3, -0.25) is 0 Å². The minimum absolute atomic E-state index is 0.184. The maximum absolute atomic E-state index is 10.7. The number of phenols is 1. The zero-order chi connectivity index (χ0) is 9.68. The number of alkyl carbamates (subject to hydrolysis) is 1. The number of methoxy groups -OCH3 is 1. The molecule has 1 amide bonds. The van der Waals surface area contributed by atoms with E-state index in [2.05, 4.69) is 10.1 Å². The minimum Gasteiger partial charge on any atom is -0.508 e. The second-order valence-corrected chi connectivity index (χ2v) is 2.52. The molecule has 0 aliphatic carbocycles. The van der Waals surface area contributed by atoms with Gasteiger partial charge in [0.05, 0.1) is 7.11 Å². The van der Waals surface area contributed by atoms with Crippen molar-refractivity contribution in [3.05, 3.63) is 29.8 Å². The van der Waals surface area contributed by atoms with Crippen molar-refractivity contribution in [1.82, 2.24) is 5.32 Å². The van der Waals surface area contributed by atoms with Gasteiger partial charge in [0.2, 0.25) is 0 Å². The monoisotopic (exact) mass is 181 g/mol. The molecule has 0 unspecified atom stereocenters. The van der Waals surface area contributed by atoms with Crippen LogP contribution in [-0.2, 0) is 11.3 Å². The number of ether oxygens (including phenoxy) is 1. The molecule has 0 atom stereocenters. The molecule has 0 fully saturated rings. The van der Waals surface area contributed by atoms with E-state index in [1.807, 2.05) is 0 Å². The maximum Gasteiger partial charge on any atom is 0.407 e. The number of amides is 1. The Morgan fingerprint density at radius 1 is 1.62 bits per heavy atom. The SMILES string of the molecule is COC(=O)NCc1cccc(O)c1. The Bertz CT molecular complexity index is 299. The molecule has 13 heavy (non-hydrogen) atoms. The fourth-order valence-electron chi connectivity index (χ4n) is 0.913. The fourth-order valence-corrected chi connectivity index (χ4v) is 0.913. The Hall–Kier alpha value is -1.71. The zero-order valence-corrected chi connectivity index (χ0v) is 7.28. The number of phenolic OH excluding ortho intramolecular Hbond substituents is 1. The number of benzene rings is 1. The van der Waals surface area contributed by atoms with Crippen molar-refractivity contribution in [3.63, 3.8) is 0 Å². The van der Waals surface area contributed by atoms with Crippen LogP contribution in [0.2, 0.25) is 0 Å². The Morgan fingerprint density at radius 3 is 3.00 bits per heavy atom. The summed E-state index contributed by atoms with van der Waals surface area (Å²) in [6, 6.07) is 6.66. The van der Waals surface area contributed by atoms with Crippen molar-refractivity contribution in [2.24, 2.45) is 0 Å². The first kappa shape index (κ1) is 9.38. The summed E-state index contributed by atoms with van der Waals surface area (Å²) in [6.07, 6.45) is -0.483. The van der Waals surface area contributed by atoms with Crippen molar-refractivity contribution >= 4 is 6.09 Å². The van der Waals surface area contributed by atoms with Gasteiger partial charge in [0.15, 0.2) is 0 Å². The first-order valence-electron chi connectivity index (χ1n) is 3.82. The molecule has 0 aliphatic rings. The number of rotatable bonds is 2. The molecule has 2 N–H and O–H groups in total. The van der Waals surface area contributed by atoms with Crippen LogP contribution in [0.1, 0.15) is 5.56 Å². The van der Waals surface area contributed by atoms with Crippen molar-refractivity contribution in [2.75, 3.05) is 7.11 Å². The summed E-state index contributed by atoms with van der Waals surface area (Å²) in [5.74, 6) is 0.184. The Balaban J connectivity index is 2.50. The highest BCUT2D eigenvalue weighted by molar-refractivity contribution is 5.66. The van der Waals surface area contributed by atoms with E-state index in [-0.39, 0.29) is 5.75 Å². The number of hydrogen-bond acceptors (Lipinski definition) is 3. The van der Waals surface area contributed by atoms with Crippen molar-refractivity contribution in [1.29, 1.82) is 0 Å². The smallest absolute Gasteiger partial charge is 0.407 e. The summed E-state index contributed by atoms with van der Waals surface area (Å²) >= 11 is 0. The Labute approximate surface area is 76.1 Å². The number of aromatic hydroxyl groups is 1. The van der Waals surface area contributed by atoms with E-state index in [4.69, 9.17) is 5.11 Å². The lowest BCUT2D eigenvalue weighted by Crippen LogP contribution is -2.22. The summed E-state index contributed by atoms with van der Waals surface area (Å²) < 4.78 is 4.39. The molecular formula is C9H11NO3. The van der Waals surface area contributed by atoms with Gasteiger partial charge in [-0.15, -0.1) is 0 Å². The van der Waals surface area contributed by atoms with Crippen LogP contribution in [-0.4, -0.2) is 18.3 Å². The van der Waals surface area contributed by atoms with E-state index in [1.165, 1.54) is 7.11 Å².